The van der Waals surface area contributed by atoms with E-state index in [1.165, 1.54) is 17.5 Å². The quantitative estimate of drug-likeness (QED) is 0.365. The van der Waals surface area contributed by atoms with E-state index in [0.29, 0.717) is 12.0 Å². The van der Waals surface area contributed by atoms with Crippen LogP contribution in [0.2, 0.25) is 0 Å². The first-order valence-electron chi connectivity index (χ1n) is 12.0. The minimum atomic E-state index is 0.146. The monoisotopic (exact) mass is 431 g/mol. The number of aliphatic imine (C=N–C) groups is 1. The zero-order chi connectivity index (χ0) is 21.9. The smallest absolute Gasteiger partial charge is 0.193 e. The predicted octanol–water partition coefficient (Wildman–Crippen LogP) is 3.95. The molecule has 0 radical (unpaired) electrons. The van der Waals surface area contributed by atoms with Gasteiger partial charge in [-0.05, 0) is 51.5 Å². The van der Waals surface area contributed by atoms with Crippen LogP contribution in [0.5, 0.6) is 0 Å². The normalized spacial score (nSPS) is 23.2. The summed E-state index contributed by atoms with van der Waals surface area (Å²) in [4.78, 5) is 7.45. The number of ether oxygens (including phenoxy) is 3. The molecule has 2 aliphatic rings. The van der Waals surface area contributed by atoms with Crippen molar-refractivity contribution in [2.24, 2.45) is 10.9 Å². The predicted molar refractivity (Wildman–Crippen MR) is 126 cm³/mol. The Kier molecular flexibility index (Phi) is 10.1. The summed E-state index contributed by atoms with van der Waals surface area (Å²) in [5.41, 5.74) is 2.57. The fourth-order valence-corrected chi connectivity index (χ4v) is 4.47. The fraction of sp³-hybridized carbons (Fsp3) is 0.720. The van der Waals surface area contributed by atoms with E-state index in [9.17, 15) is 0 Å². The zero-order valence-corrected chi connectivity index (χ0v) is 19.6. The van der Waals surface area contributed by atoms with Crippen LogP contribution < -0.4 is 5.32 Å². The summed E-state index contributed by atoms with van der Waals surface area (Å²) in [6.07, 6.45) is 5.85. The number of rotatable bonds is 9. The Morgan fingerprint density at radius 1 is 1.16 bits per heavy atom. The molecule has 1 aromatic carbocycles. The number of piperidine rings is 1. The molecule has 6 nitrogen and oxygen atoms in total. The van der Waals surface area contributed by atoms with E-state index in [2.05, 4.69) is 48.3 Å². The summed E-state index contributed by atoms with van der Waals surface area (Å²) in [6, 6.07) is 8.79. The first-order valence-corrected chi connectivity index (χ1v) is 12.0. The molecule has 0 amide bonds. The lowest BCUT2D eigenvalue weighted by Crippen LogP contribution is -2.47. The van der Waals surface area contributed by atoms with Crippen LogP contribution in [-0.2, 0) is 14.2 Å². The molecular formula is C25H41N3O3. The third kappa shape index (κ3) is 7.48. The van der Waals surface area contributed by atoms with Gasteiger partial charge in [0, 0.05) is 59.0 Å². The second-order valence-electron chi connectivity index (χ2n) is 8.70. The van der Waals surface area contributed by atoms with E-state index in [0.717, 1.165) is 77.6 Å². The van der Waals surface area contributed by atoms with Gasteiger partial charge in [0.15, 0.2) is 5.96 Å². The number of hydrogen-bond acceptors (Lipinski definition) is 4. The molecule has 2 fully saturated rings. The molecule has 0 saturated carbocycles. The fourth-order valence-electron chi connectivity index (χ4n) is 4.47. The minimum absolute atomic E-state index is 0.146. The van der Waals surface area contributed by atoms with Crippen LogP contribution in [-0.4, -0.2) is 70.1 Å². The maximum atomic E-state index is 6.19. The largest absolute Gasteiger partial charge is 0.385 e. The van der Waals surface area contributed by atoms with E-state index < -0.39 is 0 Å². The number of nitrogens with one attached hydrogen (secondary N) is 1. The summed E-state index contributed by atoms with van der Waals surface area (Å²) in [6.45, 7) is 10.3. The molecule has 1 N–H and O–H groups in total. The molecule has 2 saturated heterocycles. The molecule has 0 aromatic heterocycles. The van der Waals surface area contributed by atoms with Crippen molar-refractivity contribution < 1.29 is 14.2 Å². The van der Waals surface area contributed by atoms with Gasteiger partial charge in [0.1, 0.15) is 0 Å². The Bertz CT molecular complexity index is 656. The number of nitrogens with zero attached hydrogens (tertiary/aromatic N) is 2. The average Bonchev–Trinajstić information content (AvgIpc) is 2.81. The molecule has 2 atom stereocenters. The lowest BCUT2D eigenvalue weighted by atomic mass is 9.89. The molecule has 3 rings (SSSR count). The third-order valence-corrected chi connectivity index (χ3v) is 6.25. The number of benzene rings is 1. The molecule has 0 aliphatic carbocycles. The Labute approximate surface area is 188 Å². The molecule has 31 heavy (non-hydrogen) atoms. The van der Waals surface area contributed by atoms with Crippen molar-refractivity contribution in [3.63, 3.8) is 0 Å². The van der Waals surface area contributed by atoms with Crippen molar-refractivity contribution in [1.29, 1.82) is 0 Å². The molecule has 174 valence electrons. The summed E-state index contributed by atoms with van der Waals surface area (Å²) in [7, 11) is 1.74. The number of hydrogen-bond donors (Lipinski definition) is 1. The molecule has 2 unspecified atom stereocenters. The van der Waals surface area contributed by atoms with Crippen molar-refractivity contribution in [2.75, 3.05) is 53.1 Å². The van der Waals surface area contributed by atoms with Crippen molar-refractivity contribution in [1.82, 2.24) is 10.2 Å². The van der Waals surface area contributed by atoms with E-state index >= 15 is 0 Å². The van der Waals surface area contributed by atoms with Gasteiger partial charge in [0.25, 0.3) is 0 Å². The van der Waals surface area contributed by atoms with Gasteiger partial charge in [-0.25, -0.2) is 0 Å². The van der Waals surface area contributed by atoms with Gasteiger partial charge in [0.05, 0.1) is 12.2 Å². The molecule has 2 aliphatic heterocycles. The van der Waals surface area contributed by atoms with Gasteiger partial charge in [-0.15, -0.1) is 0 Å². The summed E-state index contributed by atoms with van der Waals surface area (Å²) < 4.78 is 17.3. The van der Waals surface area contributed by atoms with Gasteiger partial charge in [-0.3, -0.25) is 4.99 Å². The summed E-state index contributed by atoms with van der Waals surface area (Å²) in [5, 5.41) is 3.51. The summed E-state index contributed by atoms with van der Waals surface area (Å²) in [5.74, 6) is 1.46. The first kappa shape index (κ1) is 24.0. The van der Waals surface area contributed by atoms with Crippen molar-refractivity contribution in [3.05, 3.63) is 35.4 Å². The van der Waals surface area contributed by atoms with E-state index in [4.69, 9.17) is 19.2 Å². The average molecular weight is 432 g/mol. The van der Waals surface area contributed by atoms with Crippen molar-refractivity contribution >= 4 is 5.96 Å². The number of aryl methyl sites for hydroxylation is 1. The van der Waals surface area contributed by atoms with Gasteiger partial charge in [-0.2, -0.15) is 0 Å². The van der Waals surface area contributed by atoms with Gasteiger partial charge >= 0.3 is 0 Å². The van der Waals surface area contributed by atoms with Crippen LogP contribution in [0.3, 0.4) is 0 Å². The topological polar surface area (TPSA) is 55.3 Å². The second-order valence-corrected chi connectivity index (χ2v) is 8.70. The molecule has 1 aromatic rings. The standard InChI is InChI=1S/C25H41N3O3/c1-4-26-25(28-14-12-23(13-15-28)30-18-6-16-29-3)27-19-22-7-5-17-31-24(22)21-10-8-20(2)9-11-21/h8-11,22-24H,4-7,12-19H2,1-3H3,(H,26,27). The van der Waals surface area contributed by atoms with Crippen LogP contribution in [0.4, 0.5) is 0 Å². The van der Waals surface area contributed by atoms with E-state index in [1.54, 1.807) is 7.11 Å². The Hall–Kier alpha value is -1.63. The van der Waals surface area contributed by atoms with E-state index in [-0.39, 0.29) is 6.10 Å². The summed E-state index contributed by atoms with van der Waals surface area (Å²) >= 11 is 0. The Morgan fingerprint density at radius 3 is 2.65 bits per heavy atom. The van der Waals surface area contributed by atoms with Gasteiger partial charge in [-0.1, -0.05) is 29.8 Å². The molecule has 6 heteroatoms. The number of guanidine groups is 1. The van der Waals surface area contributed by atoms with Crippen LogP contribution in [0.25, 0.3) is 0 Å². The highest BCUT2D eigenvalue weighted by Crippen LogP contribution is 2.34. The van der Waals surface area contributed by atoms with Crippen molar-refractivity contribution in [3.8, 4) is 0 Å². The van der Waals surface area contributed by atoms with Crippen LogP contribution in [0, 0.1) is 12.8 Å². The molecular weight excluding hydrogens is 390 g/mol. The lowest BCUT2D eigenvalue weighted by molar-refractivity contribution is -0.0251. The Morgan fingerprint density at radius 2 is 1.94 bits per heavy atom. The van der Waals surface area contributed by atoms with Gasteiger partial charge < -0.3 is 24.4 Å². The highest BCUT2D eigenvalue weighted by molar-refractivity contribution is 5.80. The number of likely N-dealkylation sites (tertiary alicyclic amines) is 1. The maximum absolute atomic E-state index is 6.19. The Balaban J connectivity index is 1.55. The molecule has 0 bridgehead atoms. The molecule has 0 spiro atoms. The van der Waals surface area contributed by atoms with Crippen LogP contribution in [0.15, 0.2) is 29.3 Å². The second kappa shape index (κ2) is 13.0. The highest BCUT2D eigenvalue weighted by Gasteiger charge is 2.28. The van der Waals surface area contributed by atoms with Crippen molar-refractivity contribution in [2.45, 2.75) is 58.2 Å². The van der Waals surface area contributed by atoms with Gasteiger partial charge in [0.2, 0.25) is 0 Å². The highest BCUT2D eigenvalue weighted by atomic mass is 16.5. The third-order valence-electron chi connectivity index (χ3n) is 6.25. The SMILES string of the molecule is CCNC(=NCC1CCCOC1c1ccc(C)cc1)N1CCC(OCCCOC)CC1. The number of methoxy groups -OCH3 is 1. The maximum Gasteiger partial charge on any atom is 0.193 e. The van der Waals surface area contributed by atoms with E-state index in [1.807, 2.05) is 0 Å². The minimum Gasteiger partial charge on any atom is -0.385 e. The first-order chi connectivity index (χ1) is 15.2. The lowest BCUT2D eigenvalue weighted by Gasteiger charge is -2.35. The molecule has 2 heterocycles. The van der Waals surface area contributed by atoms with Crippen LogP contribution >= 0.6 is 0 Å². The zero-order valence-electron chi connectivity index (χ0n) is 19.6. The van der Waals surface area contributed by atoms with Crippen LogP contribution in [0.1, 0.15) is 56.3 Å².